The Morgan fingerprint density at radius 3 is 1.70 bits per heavy atom. The predicted molar refractivity (Wildman–Crippen MR) is 229 cm³/mol. The SMILES string of the molecule is c1ccc2c(c1)ccc1cccc(N(c3ccc(-c4ccc5sc6ccccc6c5c4)cc3)c3ccc(-n4c5ccccc5c5ccccc54)cc3)c12. The maximum Gasteiger partial charge on any atom is 0.0546 e. The number of nitrogens with zero attached hydrogens (tertiary/aromatic N) is 2. The van der Waals surface area contributed by atoms with Crippen LogP contribution < -0.4 is 4.90 Å². The van der Waals surface area contributed by atoms with Crippen molar-refractivity contribution in [2.45, 2.75) is 0 Å². The molecule has 0 aliphatic carbocycles. The van der Waals surface area contributed by atoms with Crippen LogP contribution in [-0.4, -0.2) is 4.57 Å². The molecule has 0 N–H and O–H groups in total. The molecule has 9 aromatic carbocycles. The molecule has 2 heterocycles. The highest BCUT2D eigenvalue weighted by Gasteiger charge is 2.19. The third-order valence-corrected chi connectivity index (χ3v) is 11.9. The lowest BCUT2D eigenvalue weighted by atomic mass is 9.99. The summed E-state index contributed by atoms with van der Waals surface area (Å²) in [5, 5.41) is 10.1. The summed E-state index contributed by atoms with van der Waals surface area (Å²) in [6, 6.07) is 71.0. The van der Waals surface area contributed by atoms with E-state index in [0.717, 1.165) is 22.7 Å². The summed E-state index contributed by atoms with van der Waals surface area (Å²) in [4.78, 5) is 2.42. The molecular formula is C50H32N2S. The lowest BCUT2D eigenvalue weighted by Crippen LogP contribution is -2.11. The van der Waals surface area contributed by atoms with Gasteiger partial charge in [0.2, 0.25) is 0 Å². The largest absolute Gasteiger partial charge is 0.310 e. The van der Waals surface area contributed by atoms with Crippen molar-refractivity contribution in [3.63, 3.8) is 0 Å². The quantitative estimate of drug-likeness (QED) is 0.163. The fraction of sp³-hybridized carbons (Fsp3) is 0. The molecule has 0 radical (unpaired) electrons. The topological polar surface area (TPSA) is 8.17 Å². The standard InChI is InChI=1S/C50H32N2S/c1-2-12-40-34(10-1)20-21-35-11-9-18-47(50(35)40)51(37-25-22-33(23-26-37)36-24-31-49-44(32-36)43-15-5-8-19-48(43)53-49)38-27-29-39(30-28-38)52-45-16-6-3-13-41(45)42-14-4-7-17-46(42)52/h1-32H. The molecular weight excluding hydrogens is 661 g/mol. The van der Waals surface area contributed by atoms with Crippen LogP contribution >= 0.6 is 11.3 Å². The zero-order valence-electron chi connectivity index (χ0n) is 28.8. The normalized spacial score (nSPS) is 11.8. The summed E-state index contributed by atoms with van der Waals surface area (Å²) in [6.45, 7) is 0. The van der Waals surface area contributed by atoms with E-state index in [-0.39, 0.29) is 0 Å². The van der Waals surface area contributed by atoms with Gasteiger partial charge in [-0.05, 0) is 100 Å². The Morgan fingerprint density at radius 2 is 0.943 bits per heavy atom. The molecule has 0 spiro atoms. The number of fused-ring (bicyclic) bond motifs is 9. The number of aromatic nitrogens is 1. The lowest BCUT2D eigenvalue weighted by Gasteiger charge is -2.28. The Morgan fingerprint density at radius 1 is 0.377 bits per heavy atom. The van der Waals surface area contributed by atoms with Crippen LogP contribution in [0.2, 0.25) is 0 Å². The molecule has 0 fully saturated rings. The molecule has 2 nitrogen and oxygen atoms in total. The van der Waals surface area contributed by atoms with Gasteiger partial charge in [-0.15, -0.1) is 11.3 Å². The highest BCUT2D eigenvalue weighted by atomic mass is 32.1. The average Bonchev–Trinajstić information content (AvgIpc) is 3.77. The fourth-order valence-corrected chi connectivity index (χ4v) is 9.40. The number of hydrogen-bond acceptors (Lipinski definition) is 2. The Balaban J connectivity index is 1.07. The highest BCUT2D eigenvalue weighted by Crippen LogP contribution is 2.43. The zero-order valence-corrected chi connectivity index (χ0v) is 29.6. The van der Waals surface area contributed by atoms with E-state index < -0.39 is 0 Å². The van der Waals surface area contributed by atoms with Gasteiger partial charge in [-0.3, -0.25) is 0 Å². The van der Waals surface area contributed by atoms with Gasteiger partial charge in [0.05, 0.1) is 16.7 Å². The van der Waals surface area contributed by atoms with E-state index in [1.807, 2.05) is 11.3 Å². The number of para-hydroxylation sites is 2. The van der Waals surface area contributed by atoms with E-state index in [2.05, 4.69) is 204 Å². The fourth-order valence-electron chi connectivity index (χ4n) is 8.31. The van der Waals surface area contributed by atoms with E-state index in [9.17, 15) is 0 Å². The molecule has 0 saturated heterocycles. The van der Waals surface area contributed by atoms with E-state index in [4.69, 9.17) is 0 Å². The van der Waals surface area contributed by atoms with E-state index in [0.29, 0.717) is 0 Å². The molecule has 53 heavy (non-hydrogen) atoms. The Hall–Kier alpha value is -6.68. The molecule has 2 aromatic heterocycles. The minimum atomic E-state index is 1.11. The summed E-state index contributed by atoms with van der Waals surface area (Å²) in [6.07, 6.45) is 0. The van der Waals surface area contributed by atoms with Crippen LogP contribution in [-0.2, 0) is 0 Å². The average molecular weight is 693 g/mol. The molecule has 248 valence electrons. The second kappa shape index (κ2) is 11.9. The monoisotopic (exact) mass is 692 g/mol. The predicted octanol–water partition coefficient (Wildman–Crippen LogP) is 14.6. The van der Waals surface area contributed by atoms with Gasteiger partial charge in [0.1, 0.15) is 0 Å². The summed E-state index contributed by atoms with van der Waals surface area (Å²) < 4.78 is 5.04. The molecule has 0 bridgehead atoms. The summed E-state index contributed by atoms with van der Waals surface area (Å²) >= 11 is 1.86. The maximum absolute atomic E-state index is 2.42. The first-order valence-electron chi connectivity index (χ1n) is 18.1. The molecule has 0 aliphatic heterocycles. The van der Waals surface area contributed by atoms with Crippen LogP contribution in [0.5, 0.6) is 0 Å². The summed E-state index contributed by atoms with van der Waals surface area (Å²) in [5.41, 5.74) is 9.37. The van der Waals surface area contributed by atoms with E-state index in [1.54, 1.807) is 0 Å². The Kier molecular flexibility index (Phi) is 6.76. The van der Waals surface area contributed by atoms with Crippen molar-refractivity contribution in [2.24, 2.45) is 0 Å². The van der Waals surface area contributed by atoms with Crippen molar-refractivity contribution < 1.29 is 0 Å². The molecule has 0 aliphatic rings. The van der Waals surface area contributed by atoms with Crippen LogP contribution in [0.1, 0.15) is 0 Å². The van der Waals surface area contributed by atoms with Gasteiger partial charge in [0, 0.05) is 53.4 Å². The van der Waals surface area contributed by atoms with E-state index >= 15 is 0 Å². The van der Waals surface area contributed by atoms with Gasteiger partial charge in [0.25, 0.3) is 0 Å². The minimum Gasteiger partial charge on any atom is -0.310 e. The maximum atomic E-state index is 2.42. The second-order valence-electron chi connectivity index (χ2n) is 13.7. The van der Waals surface area contributed by atoms with Gasteiger partial charge in [-0.25, -0.2) is 0 Å². The first-order chi connectivity index (χ1) is 26.3. The number of anilines is 3. The van der Waals surface area contributed by atoms with Crippen molar-refractivity contribution >= 4 is 91.9 Å². The third-order valence-electron chi connectivity index (χ3n) is 10.8. The molecule has 3 heteroatoms. The Bertz CT molecular complexity index is 3110. The molecule has 11 aromatic rings. The van der Waals surface area contributed by atoms with Crippen molar-refractivity contribution in [3.8, 4) is 16.8 Å². The number of rotatable bonds is 5. The van der Waals surface area contributed by atoms with Crippen LogP contribution in [0.25, 0.3) is 80.3 Å². The molecule has 0 saturated carbocycles. The van der Waals surface area contributed by atoms with Crippen molar-refractivity contribution in [3.05, 3.63) is 194 Å². The number of thiophene rings is 1. The van der Waals surface area contributed by atoms with Crippen molar-refractivity contribution in [1.82, 2.24) is 4.57 Å². The number of hydrogen-bond donors (Lipinski definition) is 0. The number of benzene rings is 9. The van der Waals surface area contributed by atoms with E-state index in [1.165, 1.54) is 74.6 Å². The molecule has 0 amide bonds. The van der Waals surface area contributed by atoms with Crippen LogP contribution in [0.4, 0.5) is 17.1 Å². The third kappa shape index (κ3) is 4.78. The molecule has 11 rings (SSSR count). The summed E-state index contributed by atoms with van der Waals surface area (Å²) in [7, 11) is 0. The van der Waals surface area contributed by atoms with Crippen molar-refractivity contribution in [2.75, 3.05) is 4.90 Å². The van der Waals surface area contributed by atoms with Crippen molar-refractivity contribution in [1.29, 1.82) is 0 Å². The lowest BCUT2D eigenvalue weighted by molar-refractivity contribution is 1.17. The minimum absolute atomic E-state index is 1.11. The highest BCUT2D eigenvalue weighted by molar-refractivity contribution is 7.25. The van der Waals surface area contributed by atoms with Gasteiger partial charge in [-0.1, -0.05) is 121 Å². The first-order valence-corrected chi connectivity index (χ1v) is 18.9. The first kappa shape index (κ1) is 30.0. The van der Waals surface area contributed by atoms with Gasteiger partial charge >= 0.3 is 0 Å². The second-order valence-corrected chi connectivity index (χ2v) is 14.8. The Labute approximate surface area is 311 Å². The van der Waals surface area contributed by atoms with Crippen LogP contribution in [0, 0.1) is 0 Å². The zero-order chi connectivity index (χ0) is 34.9. The molecule has 0 unspecified atom stereocenters. The van der Waals surface area contributed by atoms with Gasteiger partial charge in [-0.2, -0.15) is 0 Å². The van der Waals surface area contributed by atoms with Gasteiger partial charge in [0.15, 0.2) is 0 Å². The van der Waals surface area contributed by atoms with Crippen LogP contribution in [0.3, 0.4) is 0 Å². The smallest absolute Gasteiger partial charge is 0.0546 e. The van der Waals surface area contributed by atoms with Gasteiger partial charge < -0.3 is 9.47 Å². The molecule has 0 atom stereocenters. The van der Waals surface area contributed by atoms with Crippen LogP contribution in [0.15, 0.2) is 194 Å². The summed E-state index contributed by atoms with van der Waals surface area (Å²) in [5.74, 6) is 0.